The topological polar surface area (TPSA) is 127 Å². The van der Waals surface area contributed by atoms with E-state index in [-0.39, 0.29) is 42.3 Å². The molecule has 3 N–H and O–H groups in total. The first-order valence-electron chi connectivity index (χ1n) is 12.0. The molecule has 9 heteroatoms. The highest BCUT2D eigenvalue weighted by atomic mass is 16.6. The third-order valence-corrected chi connectivity index (χ3v) is 5.72. The van der Waals surface area contributed by atoms with Crippen LogP contribution in [-0.2, 0) is 10.2 Å². The molecule has 0 radical (unpaired) electrons. The third kappa shape index (κ3) is 7.56. The highest BCUT2D eigenvalue weighted by Gasteiger charge is 2.18. The zero-order valence-electron chi connectivity index (χ0n) is 21.4. The Morgan fingerprint density at radius 2 is 1.69 bits per heavy atom. The summed E-state index contributed by atoms with van der Waals surface area (Å²) in [4.78, 5) is 22.7. The zero-order chi connectivity index (χ0) is 26.3. The molecule has 0 saturated carbocycles. The van der Waals surface area contributed by atoms with Crippen molar-refractivity contribution in [1.82, 2.24) is 15.5 Å². The van der Waals surface area contributed by atoms with Crippen molar-refractivity contribution >= 4 is 17.6 Å². The van der Waals surface area contributed by atoms with E-state index in [2.05, 4.69) is 67.6 Å². The van der Waals surface area contributed by atoms with Gasteiger partial charge in [-0.3, -0.25) is 9.59 Å². The summed E-state index contributed by atoms with van der Waals surface area (Å²) in [5, 5.41) is 22.8. The number of carbonyl (C=O) groups excluding carboxylic acids is 1. The van der Waals surface area contributed by atoms with Gasteiger partial charge in [0.2, 0.25) is 0 Å². The average Bonchev–Trinajstić information content (AvgIpc) is 3.30. The molecule has 1 heterocycles. The van der Waals surface area contributed by atoms with Crippen LogP contribution in [0.25, 0.3) is 11.5 Å². The smallest absolute Gasteiger partial charge is 0.414 e. The van der Waals surface area contributed by atoms with Crippen LogP contribution >= 0.6 is 0 Å². The summed E-state index contributed by atoms with van der Waals surface area (Å²) in [6, 6.07) is 15.0. The molecule has 9 nitrogen and oxygen atoms in total. The maximum absolute atomic E-state index is 12.1. The van der Waals surface area contributed by atoms with Crippen LogP contribution in [0.2, 0.25) is 0 Å². The van der Waals surface area contributed by atoms with Gasteiger partial charge in [0.05, 0.1) is 12.5 Å². The molecule has 0 bridgehead atoms. The minimum Gasteiger partial charge on any atom is -0.481 e. The molecule has 1 amide bonds. The number of nitrogens with zero attached hydrogens (tertiary/aromatic N) is 2. The Labute approximate surface area is 211 Å². The Kier molecular flexibility index (Phi) is 8.68. The van der Waals surface area contributed by atoms with Crippen LogP contribution in [0.15, 0.2) is 52.9 Å². The fraction of sp³-hybridized carbons (Fsp3) is 0.407. The van der Waals surface area contributed by atoms with Gasteiger partial charge in [0, 0.05) is 23.4 Å². The maximum atomic E-state index is 12.1. The van der Waals surface area contributed by atoms with E-state index in [0.717, 1.165) is 11.3 Å². The predicted molar refractivity (Wildman–Crippen MR) is 137 cm³/mol. The number of carboxylic acids is 1. The van der Waals surface area contributed by atoms with Crippen molar-refractivity contribution in [2.24, 2.45) is 5.92 Å². The van der Waals surface area contributed by atoms with Gasteiger partial charge in [-0.25, -0.2) is 0 Å². The lowest BCUT2D eigenvalue weighted by atomic mass is 9.87. The molecule has 1 unspecified atom stereocenters. The minimum atomic E-state index is -0.955. The van der Waals surface area contributed by atoms with Crippen molar-refractivity contribution in [3.05, 3.63) is 59.7 Å². The molecule has 1 atom stereocenters. The van der Waals surface area contributed by atoms with Crippen LogP contribution < -0.4 is 15.4 Å². The molecule has 36 heavy (non-hydrogen) atoms. The van der Waals surface area contributed by atoms with Crippen LogP contribution in [0.1, 0.15) is 57.0 Å². The first kappa shape index (κ1) is 26.7. The molecule has 2 aromatic carbocycles. The molecular formula is C27H34N4O5. The number of ether oxygens (including phenoxy) is 1. The molecule has 0 saturated heterocycles. The molecule has 1 aromatic heterocycles. The van der Waals surface area contributed by atoms with Gasteiger partial charge in [0.25, 0.3) is 11.8 Å². The third-order valence-electron chi connectivity index (χ3n) is 5.72. The molecule has 0 aliphatic carbocycles. The van der Waals surface area contributed by atoms with E-state index in [0.29, 0.717) is 18.1 Å². The number of carboxylic acid groups (broad SMARTS) is 1. The second kappa shape index (κ2) is 11.7. The van der Waals surface area contributed by atoms with Gasteiger partial charge in [0.1, 0.15) is 6.61 Å². The van der Waals surface area contributed by atoms with E-state index >= 15 is 0 Å². The fourth-order valence-corrected chi connectivity index (χ4v) is 3.38. The second-order valence-electron chi connectivity index (χ2n) is 9.98. The van der Waals surface area contributed by atoms with Gasteiger partial charge in [-0.05, 0) is 53.3 Å². The Hall–Kier alpha value is -3.88. The Balaban J connectivity index is 1.56. The summed E-state index contributed by atoms with van der Waals surface area (Å²) in [6.45, 7) is 11.0. The first-order valence-corrected chi connectivity index (χ1v) is 12.0. The fourth-order valence-electron chi connectivity index (χ4n) is 3.38. The summed E-state index contributed by atoms with van der Waals surface area (Å²) in [6.07, 6.45) is -0.0161. The number of nitrogens with one attached hydrogen (secondary N) is 2. The molecule has 0 spiro atoms. The maximum Gasteiger partial charge on any atom is 0.414 e. The van der Waals surface area contributed by atoms with Crippen molar-refractivity contribution in [3.8, 4) is 17.5 Å². The average molecular weight is 495 g/mol. The van der Waals surface area contributed by atoms with E-state index in [1.165, 1.54) is 5.56 Å². The number of amides is 1. The quantitative estimate of drug-likeness (QED) is 0.348. The summed E-state index contributed by atoms with van der Waals surface area (Å²) in [5.74, 6) is -0.636. The van der Waals surface area contributed by atoms with E-state index < -0.39 is 5.97 Å². The van der Waals surface area contributed by atoms with Gasteiger partial charge in [-0.15, -0.1) is 5.10 Å². The van der Waals surface area contributed by atoms with E-state index in [1.807, 2.05) is 12.1 Å². The Bertz CT molecular complexity index is 1150. The molecule has 0 fully saturated rings. The lowest BCUT2D eigenvalue weighted by Gasteiger charge is -2.23. The number of anilines is 1. The standard InChI is InChI=1S/C27H34N4O5/c1-17(2)22(29-21-12-8-18(9-13-21)24(34)28-15-14-23(32)33)16-35-26-31-30-25(36-26)19-6-10-20(11-7-19)27(3,4)5/h6-13,17,22,29H,14-16H2,1-5H3,(H,28,34)(H,32,33). The normalized spacial score (nSPS) is 12.3. The highest BCUT2D eigenvalue weighted by molar-refractivity contribution is 5.94. The number of aromatic nitrogens is 2. The van der Waals surface area contributed by atoms with Crippen molar-refractivity contribution in [3.63, 3.8) is 0 Å². The molecule has 192 valence electrons. The monoisotopic (exact) mass is 494 g/mol. The summed E-state index contributed by atoms with van der Waals surface area (Å²) in [7, 11) is 0. The van der Waals surface area contributed by atoms with Crippen molar-refractivity contribution in [1.29, 1.82) is 0 Å². The van der Waals surface area contributed by atoms with Crippen molar-refractivity contribution < 1.29 is 23.8 Å². The zero-order valence-corrected chi connectivity index (χ0v) is 21.4. The number of aliphatic carboxylic acids is 1. The lowest BCUT2D eigenvalue weighted by Crippen LogP contribution is -2.32. The largest absolute Gasteiger partial charge is 0.481 e. The van der Waals surface area contributed by atoms with E-state index in [4.69, 9.17) is 14.3 Å². The number of benzene rings is 2. The number of carbonyl (C=O) groups is 2. The molecule has 0 aliphatic rings. The molecular weight excluding hydrogens is 460 g/mol. The van der Waals surface area contributed by atoms with Gasteiger partial charge in [-0.1, -0.05) is 51.9 Å². The molecule has 3 rings (SSSR count). The van der Waals surface area contributed by atoms with Gasteiger partial charge >= 0.3 is 12.0 Å². The number of hydrogen-bond donors (Lipinski definition) is 3. The van der Waals surface area contributed by atoms with Crippen molar-refractivity contribution in [2.75, 3.05) is 18.5 Å². The van der Waals surface area contributed by atoms with Crippen LogP contribution in [-0.4, -0.2) is 46.4 Å². The van der Waals surface area contributed by atoms with Crippen LogP contribution in [0.5, 0.6) is 6.08 Å². The van der Waals surface area contributed by atoms with Crippen LogP contribution in [0.3, 0.4) is 0 Å². The van der Waals surface area contributed by atoms with E-state index in [1.54, 1.807) is 24.3 Å². The van der Waals surface area contributed by atoms with Crippen LogP contribution in [0.4, 0.5) is 5.69 Å². The van der Waals surface area contributed by atoms with Gasteiger partial charge < -0.3 is 24.9 Å². The minimum absolute atomic E-state index is 0.0540. The highest BCUT2D eigenvalue weighted by Crippen LogP contribution is 2.27. The van der Waals surface area contributed by atoms with E-state index in [9.17, 15) is 9.59 Å². The van der Waals surface area contributed by atoms with Crippen molar-refractivity contribution in [2.45, 2.75) is 52.5 Å². The summed E-state index contributed by atoms with van der Waals surface area (Å²) >= 11 is 0. The summed E-state index contributed by atoms with van der Waals surface area (Å²) in [5.41, 5.74) is 3.40. The Morgan fingerprint density at radius 1 is 1.03 bits per heavy atom. The number of rotatable bonds is 11. The molecule has 3 aromatic rings. The SMILES string of the molecule is CC(C)C(COc1nnc(-c2ccc(C(C)(C)C)cc2)o1)Nc1ccc(C(=O)NCCC(=O)O)cc1. The lowest BCUT2D eigenvalue weighted by molar-refractivity contribution is -0.136. The molecule has 0 aliphatic heterocycles. The second-order valence-corrected chi connectivity index (χ2v) is 9.98. The van der Waals surface area contributed by atoms with Gasteiger partial charge in [-0.2, -0.15) is 0 Å². The van der Waals surface area contributed by atoms with Gasteiger partial charge in [0.15, 0.2) is 0 Å². The van der Waals surface area contributed by atoms with Crippen LogP contribution in [0, 0.1) is 5.92 Å². The number of hydrogen-bond acceptors (Lipinski definition) is 7. The predicted octanol–water partition coefficient (Wildman–Crippen LogP) is 4.75. The first-order chi connectivity index (χ1) is 17.0. The Morgan fingerprint density at radius 3 is 2.28 bits per heavy atom. The summed E-state index contributed by atoms with van der Waals surface area (Å²) < 4.78 is 11.5.